The normalized spacial score (nSPS) is 15.5. The number of nitro groups is 1. The van der Waals surface area contributed by atoms with Crippen molar-refractivity contribution in [2.75, 3.05) is 18.0 Å². The summed E-state index contributed by atoms with van der Waals surface area (Å²) in [5.41, 5.74) is 1.75. The molecule has 9 nitrogen and oxygen atoms in total. The van der Waals surface area contributed by atoms with E-state index in [0.29, 0.717) is 30.2 Å². The van der Waals surface area contributed by atoms with Gasteiger partial charge < -0.3 is 9.88 Å². The van der Waals surface area contributed by atoms with Crippen molar-refractivity contribution in [3.8, 4) is 0 Å². The number of aryl methyl sites for hydroxylation is 1. The maximum absolute atomic E-state index is 11.9. The lowest BCUT2D eigenvalue weighted by Gasteiger charge is -2.33. The molecule has 0 aliphatic carbocycles. The maximum Gasteiger partial charge on any atom is 0.293 e. The highest BCUT2D eigenvalue weighted by Crippen LogP contribution is 2.36. The van der Waals surface area contributed by atoms with Crippen LogP contribution >= 0.6 is 0 Å². The van der Waals surface area contributed by atoms with Gasteiger partial charge in [-0.3, -0.25) is 19.6 Å². The molecule has 1 saturated heterocycles. The molecule has 4 rings (SSSR count). The van der Waals surface area contributed by atoms with E-state index in [9.17, 15) is 14.9 Å². The van der Waals surface area contributed by atoms with E-state index in [1.807, 2.05) is 24.3 Å². The summed E-state index contributed by atoms with van der Waals surface area (Å²) in [7, 11) is 1.89. The molecule has 0 saturated carbocycles. The Bertz CT molecular complexity index is 1030. The van der Waals surface area contributed by atoms with Gasteiger partial charge in [-0.1, -0.05) is 0 Å². The molecule has 9 heteroatoms. The first-order valence-electron chi connectivity index (χ1n) is 8.42. The summed E-state index contributed by atoms with van der Waals surface area (Å²) in [6, 6.07) is 2.97. The molecule has 0 amide bonds. The van der Waals surface area contributed by atoms with E-state index in [2.05, 4.69) is 15.1 Å². The summed E-state index contributed by atoms with van der Waals surface area (Å²) in [6.45, 7) is 1.41. The molecule has 3 aromatic rings. The number of anilines is 1. The molecule has 134 valence electrons. The molecule has 1 fully saturated rings. The summed E-state index contributed by atoms with van der Waals surface area (Å²) in [5.74, 6) is 0.403. The zero-order valence-electron chi connectivity index (χ0n) is 14.3. The number of aromatic nitrogens is 4. The van der Waals surface area contributed by atoms with Gasteiger partial charge in [0.15, 0.2) is 0 Å². The molecule has 1 aliphatic heterocycles. The molecule has 1 aromatic carbocycles. The van der Waals surface area contributed by atoms with Crippen LogP contribution in [0.1, 0.15) is 24.3 Å². The summed E-state index contributed by atoms with van der Waals surface area (Å²) >= 11 is 0. The molecular formula is C17H18N6O3. The highest BCUT2D eigenvalue weighted by molar-refractivity contribution is 5.87. The van der Waals surface area contributed by atoms with Crippen molar-refractivity contribution in [3.63, 3.8) is 0 Å². The minimum absolute atomic E-state index is 0.0594. The van der Waals surface area contributed by atoms with Gasteiger partial charge in [-0.2, -0.15) is 5.10 Å². The number of nitrogens with zero attached hydrogens (tertiary/aromatic N) is 5. The number of fused-ring (bicyclic) bond motifs is 1. The SMILES string of the molecule is Cn1cc(C2CCN(c3cc4nc[nH]c(=O)c4cc3[N+](=O)[O-])CC2)cn1. The van der Waals surface area contributed by atoms with Gasteiger partial charge in [0.05, 0.1) is 28.4 Å². The van der Waals surface area contributed by atoms with E-state index in [-0.39, 0.29) is 16.6 Å². The van der Waals surface area contributed by atoms with E-state index >= 15 is 0 Å². The molecule has 2 aromatic heterocycles. The zero-order chi connectivity index (χ0) is 18.3. The summed E-state index contributed by atoms with van der Waals surface area (Å²) in [5, 5.41) is 16.0. The minimum atomic E-state index is -0.436. The molecule has 0 radical (unpaired) electrons. The van der Waals surface area contributed by atoms with Gasteiger partial charge in [0.25, 0.3) is 11.2 Å². The Morgan fingerprint density at radius 1 is 1.31 bits per heavy atom. The molecule has 0 bridgehead atoms. The summed E-state index contributed by atoms with van der Waals surface area (Å²) in [4.78, 5) is 31.6. The zero-order valence-corrected chi connectivity index (χ0v) is 14.3. The van der Waals surface area contributed by atoms with Crippen molar-refractivity contribution in [2.45, 2.75) is 18.8 Å². The average Bonchev–Trinajstić information content (AvgIpc) is 3.07. The smallest absolute Gasteiger partial charge is 0.293 e. The molecule has 3 heterocycles. The lowest BCUT2D eigenvalue weighted by molar-refractivity contribution is -0.384. The Hall–Kier alpha value is -3.23. The van der Waals surface area contributed by atoms with E-state index in [0.717, 1.165) is 12.8 Å². The lowest BCUT2D eigenvalue weighted by Crippen LogP contribution is -2.33. The molecule has 26 heavy (non-hydrogen) atoms. The highest BCUT2D eigenvalue weighted by Gasteiger charge is 2.27. The number of rotatable bonds is 3. The van der Waals surface area contributed by atoms with Crippen LogP contribution in [0.5, 0.6) is 0 Å². The van der Waals surface area contributed by atoms with Gasteiger partial charge in [0.1, 0.15) is 5.69 Å². The van der Waals surface area contributed by atoms with Gasteiger partial charge in [0, 0.05) is 32.4 Å². The van der Waals surface area contributed by atoms with Crippen LogP contribution in [0.2, 0.25) is 0 Å². The van der Waals surface area contributed by atoms with Crippen LogP contribution in [0, 0.1) is 10.1 Å². The number of hydrogen-bond donors (Lipinski definition) is 1. The van der Waals surface area contributed by atoms with Crippen LogP contribution in [-0.2, 0) is 7.05 Å². The predicted octanol–water partition coefficient (Wildman–Crippen LogP) is 1.95. The van der Waals surface area contributed by atoms with E-state index in [4.69, 9.17) is 0 Å². The Balaban J connectivity index is 1.65. The predicted molar refractivity (Wildman–Crippen MR) is 96.4 cm³/mol. The fraction of sp³-hybridized carbons (Fsp3) is 0.353. The maximum atomic E-state index is 11.9. The number of hydrogen-bond acceptors (Lipinski definition) is 6. The van der Waals surface area contributed by atoms with Crippen LogP contribution in [0.15, 0.2) is 35.6 Å². The topological polar surface area (TPSA) is 110 Å². The lowest BCUT2D eigenvalue weighted by atomic mass is 9.91. The van der Waals surface area contributed by atoms with Gasteiger partial charge >= 0.3 is 0 Å². The Morgan fingerprint density at radius 2 is 2.08 bits per heavy atom. The van der Waals surface area contributed by atoms with Crippen LogP contribution in [0.4, 0.5) is 11.4 Å². The van der Waals surface area contributed by atoms with E-state index in [1.54, 1.807) is 10.7 Å². The molecule has 1 N–H and O–H groups in total. The minimum Gasteiger partial charge on any atom is -0.366 e. The third kappa shape index (κ3) is 2.81. The van der Waals surface area contributed by atoms with Crippen LogP contribution in [0.25, 0.3) is 10.9 Å². The first-order valence-corrected chi connectivity index (χ1v) is 8.42. The fourth-order valence-electron chi connectivity index (χ4n) is 3.60. The molecular weight excluding hydrogens is 336 g/mol. The number of aromatic amines is 1. The second-order valence-corrected chi connectivity index (χ2v) is 6.56. The first-order chi connectivity index (χ1) is 12.5. The van der Waals surface area contributed by atoms with Crippen molar-refractivity contribution in [1.82, 2.24) is 19.7 Å². The number of piperidine rings is 1. The highest BCUT2D eigenvalue weighted by atomic mass is 16.6. The van der Waals surface area contributed by atoms with Crippen molar-refractivity contribution in [1.29, 1.82) is 0 Å². The van der Waals surface area contributed by atoms with Crippen molar-refractivity contribution in [2.24, 2.45) is 7.05 Å². The van der Waals surface area contributed by atoms with Gasteiger partial charge in [-0.25, -0.2) is 4.98 Å². The molecule has 0 spiro atoms. The van der Waals surface area contributed by atoms with Gasteiger partial charge in [-0.05, 0) is 30.4 Å². The molecule has 0 atom stereocenters. The standard InChI is InChI=1S/C17H18N6O3/c1-21-9-12(8-20-21)11-2-4-22(5-3-11)15-7-14-13(6-16(15)23(25)26)17(24)19-10-18-14/h6-11H,2-5H2,1H3,(H,18,19,24). The Kier molecular flexibility index (Phi) is 3.90. The van der Waals surface area contributed by atoms with Crippen LogP contribution in [0.3, 0.4) is 0 Å². The van der Waals surface area contributed by atoms with E-state index in [1.165, 1.54) is 18.0 Å². The van der Waals surface area contributed by atoms with Gasteiger partial charge in [0.2, 0.25) is 0 Å². The van der Waals surface area contributed by atoms with E-state index < -0.39 is 4.92 Å². The Labute approximate surface area is 148 Å². The van der Waals surface area contributed by atoms with Crippen molar-refractivity contribution in [3.05, 3.63) is 56.9 Å². The summed E-state index contributed by atoms with van der Waals surface area (Å²) in [6.07, 6.45) is 7.01. The third-order valence-corrected chi connectivity index (χ3v) is 4.97. The number of nitrogens with one attached hydrogen (secondary N) is 1. The average molecular weight is 354 g/mol. The van der Waals surface area contributed by atoms with Crippen LogP contribution in [-0.4, -0.2) is 37.8 Å². The number of benzene rings is 1. The number of H-pyrrole nitrogens is 1. The second-order valence-electron chi connectivity index (χ2n) is 6.56. The molecule has 1 aliphatic rings. The summed E-state index contributed by atoms with van der Waals surface area (Å²) < 4.78 is 1.79. The van der Waals surface area contributed by atoms with Crippen LogP contribution < -0.4 is 10.5 Å². The van der Waals surface area contributed by atoms with Crippen molar-refractivity contribution < 1.29 is 4.92 Å². The van der Waals surface area contributed by atoms with Gasteiger partial charge in [-0.15, -0.1) is 0 Å². The fourth-order valence-corrected chi connectivity index (χ4v) is 3.60. The number of nitro benzene ring substituents is 1. The quantitative estimate of drug-likeness (QED) is 0.568. The molecule has 0 unspecified atom stereocenters. The largest absolute Gasteiger partial charge is 0.366 e. The monoisotopic (exact) mass is 354 g/mol. The second kappa shape index (κ2) is 6.25. The Morgan fingerprint density at radius 3 is 2.73 bits per heavy atom. The first kappa shape index (κ1) is 16.2. The third-order valence-electron chi connectivity index (χ3n) is 4.97. The van der Waals surface area contributed by atoms with Crippen molar-refractivity contribution >= 4 is 22.3 Å².